The number of hydrogen-bond donors (Lipinski definition) is 0. The highest BCUT2D eigenvalue weighted by Crippen LogP contribution is 2.32. The zero-order valence-corrected chi connectivity index (χ0v) is 14.2. The molecule has 0 radical (unpaired) electrons. The van der Waals surface area contributed by atoms with Crippen LogP contribution in [0.2, 0.25) is 0 Å². The zero-order valence-electron chi connectivity index (χ0n) is 13.4. The molecule has 126 valence electrons. The highest BCUT2D eigenvalue weighted by atomic mass is 32.1. The smallest absolute Gasteiger partial charge is 0.264 e. The maximum atomic E-state index is 12.6. The van der Waals surface area contributed by atoms with Crippen LogP contribution in [0.3, 0.4) is 0 Å². The first kappa shape index (κ1) is 15.6. The molecule has 3 aliphatic heterocycles. The lowest BCUT2D eigenvalue weighted by atomic mass is 9.88. The molecule has 1 atom stereocenters. The highest BCUT2D eigenvalue weighted by Gasteiger charge is 2.42. The number of amides is 1. The van der Waals surface area contributed by atoms with Crippen LogP contribution in [0, 0.1) is 0 Å². The van der Waals surface area contributed by atoms with Gasteiger partial charge in [-0.05, 0) is 30.7 Å². The summed E-state index contributed by atoms with van der Waals surface area (Å²) in [6, 6.07) is 4.44. The van der Waals surface area contributed by atoms with Gasteiger partial charge in [0.1, 0.15) is 0 Å². The van der Waals surface area contributed by atoms with Crippen molar-refractivity contribution in [3.05, 3.63) is 22.4 Å². The van der Waals surface area contributed by atoms with Crippen LogP contribution in [0.1, 0.15) is 28.9 Å². The van der Waals surface area contributed by atoms with Gasteiger partial charge >= 0.3 is 0 Å². The molecule has 0 N–H and O–H groups in total. The number of carbonyl (C=O) groups is 1. The summed E-state index contributed by atoms with van der Waals surface area (Å²) in [5.74, 6) is 0.161. The summed E-state index contributed by atoms with van der Waals surface area (Å²) in [5, 5.41) is 1.96. The third-order valence-electron chi connectivity index (χ3n) is 5.40. The van der Waals surface area contributed by atoms with E-state index in [4.69, 9.17) is 9.47 Å². The molecule has 5 nitrogen and oxygen atoms in total. The van der Waals surface area contributed by atoms with Crippen LogP contribution < -0.4 is 0 Å². The number of thiophene rings is 1. The number of likely N-dealkylation sites (tertiary alicyclic amines) is 1. The first-order valence-electron chi connectivity index (χ1n) is 8.54. The van der Waals surface area contributed by atoms with Gasteiger partial charge in [0.15, 0.2) is 0 Å². The van der Waals surface area contributed by atoms with E-state index < -0.39 is 0 Å². The molecule has 6 heteroatoms. The minimum Gasteiger partial charge on any atom is -0.380 e. The quantitative estimate of drug-likeness (QED) is 0.826. The number of nitrogens with zero attached hydrogens (tertiary/aromatic N) is 2. The Balaban J connectivity index is 1.38. The van der Waals surface area contributed by atoms with Gasteiger partial charge in [-0.2, -0.15) is 0 Å². The molecule has 0 bridgehead atoms. The lowest BCUT2D eigenvalue weighted by molar-refractivity contribution is -0.130. The van der Waals surface area contributed by atoms with E-state index >= 15 is 0 Å². The van der Waals surface area contributed by atoms with Crippen molar-refractivity contribution >= 4 is 17.2 Å². The molecular weight excluding hydrogens is 312 g/mol. The fraction of sp³-hybridized carbons (Fsp3) is 0.706. The standard InChI is InChI=1S/C17H24N2O3S/c20-16(15-2-1-11-23-15)19-8-10-22-17(13-19)4-6-18(7-5-17)14-3-9-21-12-14/h1-2,11,14H,3-10,12-13H2. The van der Waals surface area contributed by atoms with E-state index in [1.165, 1.54) is 11.3 Å². The van der Waals surface area contributed by atoms with Crippen LogP contribution in [0.5, 0.6) is 0 Å². The third kappa shape index (κ3) is 3.18. The number of morpholine rings is 1. The van der Waals surface area contributed by atoms with Crippen LogP contribution in [0.25, 0.3) is 0 Å². The molecule has 4 heterocycles. The fourth-order valence-corrected chi connectivity index (χ4v) is 4.67. The molecule has 1 aromatic heterocycles. The lowest BCUT2D eigenvalue weighted by Crippen LogP contribution is -2.59. The topological polar surface area (TPSA) is 42.0 Å². The number of piperidine rings is 1. The summed E-state index contributed by atoms with van der Waals surface area (Å²) >= 11 is 1.52. The minimum atomic E-state index is -0.138. The summed E-state index contributed by atoms with van der Waals surface area (Å²) in [7, 11) is 0. The Bertz CT molecular complexity index is 534. The molecule has 0 aliphatic carbocycles. The molecule has 23 heavy (non-hydrogen) atoms. The number of ether oxygens (including phenoxy) is 2. The Morgan fingerprint density at radius 2 is 2.13 bits per heavy atom. The second-order valence-corrected chi connectivity index (χ2v) is 7.74. The Morgan fingerprint density at radius 1 is 1.26 bits per heavy atom. The molecule has 4 rings (SSSR count). The maximum Gasteiger partial charge on any atom is 0.264 e. The van der Waals surface area contributed by atoms with Gasteiger partial charge < -0.3 is 14.4 Å². The van der Waals surface area contributed by atoms with Gasteiger partial charge in [0, 0.05) is 32.3 Å². The van der Waals surface area contributed by atoms with Gasteiger partial charge in [-0.1, -0.05) is 6.07 Å². The van der Waals surface area contributed by atoms with E-state index in [2.05, 4.69) is 4.90 Å². The van der Waals surface area contributed by atoms with Crippen molar-refractivity contribution < 1.29 is 14.3 Å². The summed E-state index contributed by atoms with van der Waals surface area (Å²) in [5.41, 5.74) is -0.138. The van der Waals surface area contributed by atoms with Crippen molar-refractivity contribution in [2.45, 2.75) is 30.9 Å². The van der Waals surface area contributed by atoms with Crippen molar-refractivity contribution in [2.75, 3.05) is 46.0 Å². The van der Waals surface area contributed by atoms with E-state index in [1.807, 2.05) is 22.4 Å². The van der Waals surface area contributed by atoms with Crippen molar-refractivity contribution in [3.8, 4) is 0 Å². The molecule has 3 fully saturated rings. The zero-order chi connectivity index (χ0) is 15.7. The normalized spacial score (nSPS) is 28.3. The van der Waals surface area contributed by atoms with Gasteiger partial charge in [-0.15, -0.1) is 11.3 Å². The average molecular weight is 336 g/mol. The molecule has 3 aliphatic rings. The molecular formula is C17H24N2O3S. The molecule has 1 aromatic rings. The lowest BCUT2D eigenvalue weighted by Gasteiger charge is -2.48. The second-order valence-electron chi connectivity index (χ2n) is 6.79. The Kier molecular flexibility index (Phi) is 4.41. The van der Waals surface area contributed by atoms with Crippen LogP contribution in [0.4, 0.5) is 0 Å². The van der Waals surface area contributed by atoms with Crippen LogP contribution >= 0.6 is 11.3 Å². The van der Waals surface area contributed by atoms with Crippen molar-refractivity contribution in [3.63, 3.8) is 0 Å². The summed E-state index contributed by atoms with van der Waals surface area (Å²) < 4.78 is 11.7. The minimum absolute atomic E-state index is 0.138. The molecule has 3 saturated heterocycles. The summed E-state index contributed by atoms with van der Waals surface area (Å²) in [4.78, 5) is 18.0. The van der Waals surface area contributed by atoms with Gasteiger partial charge in [-0.3, -0.25) is 9.69 Å². The highest BCUT2D eigenvalue weighted by molar-refractivity contribution is 7.12. The van der Waals surface area contributed by atoms with Gasteiger partial charge in [0.25, 0.3) is 5.91 Å². The Hall–Kier alpha value is -0.950. The van der Waals surface area contributed by atoms with Crippen LogP contribution in [-0.4, -0.2) is 73.3 Å². The number of rotatable bonds is 2. The van der Waals surface area contributed by atoms with Crippen LogP contribution in [0.15, 0.2) is 17.5 Å². The first-order valence-corrected chi connectivity index (χ1v) is 9.42. The predicted octanol–water partition coefficient (Wildman–Crippen LogP) is 1.84. The maximum absolute atomic E-state index is 12.6. The SMILES string of the molecule is O=C(c1cccs1)N1CCOC2(CCN(C3CCOC3)CC2)C1. The van der Waals surface area contributed by atoms with Gasteiger partial charge in [-0.25, -0.2) is 0 Å². The van der Waals surface area contributed by atoms with Crippen molar-refractivity contribution in [1.29, 1.82) is 0 Å². The third-order valence-corrected chi connectivity index (χ3v) is 6.26. The second kappa shape index (κ2) is 6.51. The van der Waals surface area contributed by atoms with E-state index in [9.17, 15) is 4.79 Å². The molecule has 0 saturated carbocycles. The fourth-order valence-electron chi connectivity index (χ4n) is 3.98. The number of hydrogen-bond acceptors (Lipinski definition) is 5. The summed E-state index contributed by atoms with van der Waals surface area (Å²) in [6.07, 6.45) is 3.17. The van der Waals surface area contributed by atoms with E-state index in [0.717, 1.165) is 57.0 Å². The van der Waals surface area contributed by atoms with E-state index in [-0.39, 0.29) is 11.5 Å². The van der Waals surface area contributed by atoms with Crippen molar-refractivity contribution in [2.24, 2.45) is 0 Å². The van der Waals surface area contributed by atoms with E-state index in [0.29, 0.717) is 19.2 Å². The number of carbonyl (C=O) groups excluding carboxylic acids is 1. The summed E-state index contributed by atoms with van der Waals surface area (Å²) in [6.45, 7) is 5.97. The Morgan fingerprint density at radius 3 is 2.83 bits per heavy atom. The predicted molar refractivity (Wildman–Crippen MR) is 88.9 cm³/mol. The largest absolute Gasteiger partial charge is 0.380 e. The molecule has 1 amide bonds. The van der Waals surface area contributed by atoms with Crippen molar-refractivity contribution in [1.82, 2.24) is 9.80 Å². The monoisotopic (exact) mass is 336 g/mol. The first-order chi connectivity index (χ1) is 11.3. The average Bonchev–Trinajstić information content (AvgIpc) is 3.29. The van der Waals surface area contributed by atoms with Gasteiger partial charge in [0.2, 0.25) is 0 Å². The Labute approximate surface area is 141 Å². The van der Waals surface area contributed by atoms with Gasteiger partial charge in [0.05, 0.1) is 30.2 Å². The molecule has 1 spiro atoms. The molecule has 0 aromatic carbocycles. The van der Waals surface area contributed by atoms with E-state index in [1.54, 1.807) is 0 Å². The van der Waals surface area contributed by atoms with Crippen LogP contribution in [-0.2, 0) is 9.47 Å². The molecule has 1 unspecified atom stereocenters.